The second kappa shape index (κ2) is 7.36. The number of hydrogen-bond donors (Lipinski definition) is 2. The van der Waals surface area contributed by atoms with Gasteiger partial charge in [-0.2, -0.15) is 5.10 Å². The maximum absolute atomic E-state index is 14.4. The van der Waals surface area contributed by atoms with Gasteiger partial charge in [0.2, 0.25) is 0 Å². The van der Waals surface area contributed by atoms with E-state index in [-0.39, 0.29) is 34.6 Å². The molecule has 0 spiro atoms. The first-order valence-corrected chi connectivity index (χ1v) is 11.4. The molecule has 3 heterocycles. The number of phenols is 1. The van der Waals surface area contributed by atoms with E-state index in [0.29, 0.717) is 31.4 Å². The number of nitrogens with zero attached hydrogens (tertiary/aromatic N) is 3. The standard InChI is InChI=1S/C23H15ClF2N4O2S/c24-15-4-3-12-18-22(33-20(12)19(15)31)29-21(30(23(18)32)9-10-7-27-28-8-10)14-6-17(26)16(25)5-13(14)11-1-2-11/h3-8,11,31H,1-2,9H2,(H,27,28). The van der Waals surface area contributed by atoms with Crippen molar-refractivity contribution in [3.05, 3.63) is 74.8 Å². The lowest BCUT2D eigenvalue weighted by Gasteiger charge is -2.15. The molecule has 1 fully saturated rings. The van der Waals surface area contributed by atoms with E-state index in [9.17, 15) is 18.7 Å². The summed E-state index contributed by atoms with van der Waals surface area (Å²) in [4.78, 5) is 18.9. The van der Waals surface area contributed by atoms with Gasteiger partial charge in [0.05, 0.1) is 27.9 Å². The Balaban J connectivity index is 1.71. The summed E-state index contributed by atoms with van der Waals surface area (Å²) < 4.78 is 30.4. The van der Waals surface area contributed by atoms with Crippen molar-refractivity contribution >= 4 is 43.2 Å². The zero-order valence-corrected chi connectivity index (χ0v) is 18.5. The Bertz CT molecular complexity index is 1620. The van der Waals surface area contributed by atoms with E-state index >= 15 is 0 Å². The van der Waals surface area contributed by atoms with Crippen molar-refractivity contribution in [2.75, 3.05) is 0 Å². The number of benzene rings is 2. The number of H-pyrrole nitrogens is 1. The van der Waals surface area contributed by atoms with E-state index < -0.39 is 11.6 Å². The van der Waals surface area contributed by atoms with E-state index in [4.69, 9.17) is 16.6 Å². The molecule has 166 valence electrons. The maximum Gasteiger partial charge on any atom is 0.263 e. The molecule has 3 aromatic heterocycles. The molecule has 0 radical (unpaired) electrons. The number of aromatic hydroxyl groups is 1. The Hall–Kier alpha value is -3.30. The van der Waals surface area contributed by atoms with Crippen LogP contribution in [-0.2, 0) is 6.54 Å². The van der Waals surface area contributed by atoms with E-state index in [2.05, 4.69) is 10.2 Å². The number of phenolic OH excluding ortho intramolecular Hbond substituents is 1. The van der Waals surface area contributed by atoms with Crippen LogP contribution in [0.15, 0.2) is 41.5 Å². The van der Waals surface area contributed by atoms with Gasteiger partial charge in [0.1, 0.15) is 10.7 Å². The van der Waals surface area contributed by atoms with Crippen LogP contribution in [0.4, 0.5) is 8.78 Å². The van der Waals surface area contributed by atoms with Gasteiger partial charge in [0.25, 0.3) is 5.56 Å². The highest BCUT2D eigenvalue weighted by atomic mass is 35.5. The van der Waals surface area contributed by atoms with Crippen molar-refractivity contribution in [3.63, 3.8) is 0 Å². The van der Waals surface area contributed by atoms with Crippen molar-refractivity contribution in [2.45, 2.75) is 25.3 Å². The third kappa shape index (κ3) is 3.22. The van der Waals surface area contributed by atoms with E-state index in [1.807, 2.05) is 0 Å². The summed E-state index contributed by atoms with van der Waals surface area (Å²) in [5.74, 6) is -1.71. The Morgan fingerprint density at radius 1 is 1.24 bits per heavy atom. The lowest BCUT2D eigenvalue weighted by molar-refractivity contribution is 0.483. The number of aromatic amines is 1. The summed E-state index contributed by atoms with van der Waals surface area (Å²) in [5, 5.41) is 18.1. The van der Waals surface area contributed by atoms with Gasteiger partial charge in [-0.1, -0.05) is 17.7 Å². The Labute approximate surface area is 194 Å². The predicted octanol–water partition coefficient (Wildman–Crippen LogP) is 5.56. The van der Waals surface area contributed by atoms with Crippen LogP contribution < -0.4 is 5.56 Å². The third-order valence-electron chi connectivity index (χ3n) is 5.93. The molecule has 33 heavy (non-hydrogen) atoms. The van der Waals surface area contributed by atoms with Crippen LogP contribution in [0.3, 0.4) is 0 Å². The fourth-order valence-electron chi connectivity index (χ4n) is 4.17. The number of fused-ring (bicyclic) bond motifs is 3. The third-order valence-corrected chi connectivity index (χ3v) is 7.34. The molecule has 2 N–H and O–H groups in total. The molecule has 6 nitrogen and oxygen atoms in total. The van der Waals surface area contributed by atoms with Crippen LogP contribution in [-0.4, -0.2) is 24.9 Å². The zero-order valence-electron chi connectivity index (χ0n) is 16.9. The molecular formula is C23H15ClF2N4O2S. The quantitative estimate of drug-likeness (QED) is 0.349. The summed E-state index contributed by atoms with van der Waals surface area (Å²) in [7, 11) is 0. The fourth-order valence-corrected chi connectivity index (χ4v) is 5.50. The predicted molar refractivity (Wildman–Crippen MR) is 123 cm³/mol. The number of rotatable bonds is 4. The second-order valence-corrected chi connectivity index (χ2v) is 9.52. The van der Waals surface area contributed by atoms with Gasteiger partial charge >= 0.3 is 0 Å². The van der Waals surface area contributed by atoms with Crippen LogP contribution in [0.5, 0.6) is 5.75 Å². The first-order chi connectivity index (χ1) is 15.9. The topological polar surface area (TPSA) is 83.8 Å². The summed E-state index contributed by atoms with van der Waals surface area (Å²) in [6.45, 7) is 0.133. The van der Waals surface area contributed by atoms with Crippen LogP contribution >= 0.6 is 22.9 Å². The largest absolute Gasteiger partial charge is 0.505 e. The normalized spacial score (nSPS) is 13.9. The maximum atomic E-state index is 14.4. The Kier molecular flexibility index (Phi) is 4.53. The molecule has 1 saturated carbocycles. The highest BCUT2D eigenvalue weighted by molar-refractivity contribution is 7.25. The van der Waals surface area contributed by atoms with Gasteiger partial charge in [-0.15, -0.1) is 11.3 Å². The van der Waals surface area contributed by atoms with Crippen LogP contribution in [0.1, 0.15) is 29.9 Å². The van der Waals surface area contributed by atoms with Gasteiger partial charge in [0, 0.05) is 22.7 Å². The molecule has 0 unspecified atom stereocenters. The molecule has 0 bridgehead atoms. The van der Waals surface area contributed by atoms with Crippen LogP contribution in [0.25, 0.3) is 31.7 Å². The lowest BCUT2D eigenvalue weighted by atomic mass is 10.0. The summed E-state index contributed by atoms with van der Waals surface area (Å²) >= 11 is 7.20. The monoisotopic (exact) mass is 484 g/mol. The zero-order chi connectivity index (χ0) is 22.9. The Morgan fingerprint density at radius 3 is 2.76 bits per heavy atom. The molecule has 5 aromatic rings. The number of hydrogen-bond acceptors (Lipinski definition) is 5. The summed E-state index contributed by atoms with van der Waals surface area (Å²) in [6, 6.07) is 5.52. The molecule has 0 aliphatic heterocycles. The van der Waals surface area contributed by atoms with Crippen molar-refractivity contribution < 1.29 is 13.9 Å². The minimum Gasteiger partial charge on any atom is -0.505 e. The number of halogens is 3. The first kappa shape index (κ1) is 20.3. The first-order valence-electron chi connectivity index (χ1n) is 10.2. The molecule has 1 aliphatic carbocycles. The van der Waals surface area contributed by atoms with Gasteiger partial charge < -0.3 is 5.11 Å². The van der Waals surface area contributed by atoms with Crippen LogP contribution in [0, 0.1) is 11.6 Å². The van der Waals surface area contributed by atoms with Crippen molar-refractivity contribution in [2.24, 2.45) is 0 Å². The average molecular weight is 485 g/mol. The molecule has 6 rings (SSSR count). The molecule has 10 heteroatoms. The Morgan fingerprint density at radius 2 is 2.03 bits per heavy atom. The highest BCUT2D eigenvalue weighted by Crippen LogP contribution is 2.46. The lowest BCUT2D eigenvalue weighted by Crippen LogP contribution is -2.24. The molecule has 2 aromatic carbocycles. The number of thiophene rings is 1. The molecule has 0 atom stereocenters. The summed E-state index contributed by atoms with van der Waals surface area (Å²) in [6.07, 6.45) is 4.97. The van der Waals surface area contributed by atoms with Gasteiger partial charge in [-0.3, -0.25) is 14.5 Å². The minimum absolute atomic E-state index is 0.0929. The van der Waals surface area contributed by atoms with E-state index in [0.717, 1.165) is 35.8 Å². The van der Waals surface area contributed by atoms with Gasteiger partial charge in [-0.05, 0) is 42.5 Å². The highest BCUT2D eigenvalue weighted by Gasteiger charge is 2.30. The fraction of sp³-hybridized carbons (Fsp3) is 0.174. The average Bonchev–Trinajstić information content (AvgIpc) is 3.37. The van der Waals surface area contributed by atoms with Gasteiger partial charge in [-0.25, -0.2) is 13.8 Å². The van der Waals surface area contributed by atoms with Crippen LogP contribution in [0.2, 0.25) is 5.02 Å². The SMILES string of the molecule is O=c1c2c(nc(-c3cc(F)c(F)cc3C3CC3)n1Cc1cn[nH]c1)sc1c(O)c(Cl)ccc12. The smallest absolute Gasteiger partial charge is 0.263 e. The number of nitrogens with one attached hydrogen (secondary N) is 1. The van der Waals surface area contributed by atoms with Crippen molar-refractivity contribution in [3.8, 4) is 17.1 Å². The van der Waals surface area contributed by atoms with Crippen molar-refractivity contribution in [1.82, 2.24) is 19.7 Å². The van der Waals surface area contributed by atoms with Gasteiger partial charge in [0.15, 0.2) is 17.4 Å². The summed E-state index contributed by atoms with van der Waals surface area (Å²) in [5.41, 5.74) is 1.39. The molecule has 0 saturated heterocycles. The van der Waals surface area contributed by atoms with E-state index in [1.54, 1.807) is 18.5 Å². The number of aromatic nitrogens is 4. The van der Waals surface area contributed by atoms with E-state index in [1.165, 1.54) is 16.7 Å². The minimum atomic E-state index is -1.00. The second-order valence-electron chi connectivity index (χ2n) is 8.12. The van der Waals surface area contributed by atoms with Crippen molar-refractivity contribution in [1.29, 1.82) is 0 Å². The molecular weight excluding hydrogens is 470 g/mol. The molecule has 1 aliphatic rings. The molecule has 0 amide bonds.